The molecular weight excluding hydrogens is 648 g/mol. The quantitative estimate of drug-likeness (QED) is 0.149. The van der Waals surface area contributed by atoms with Crippen LogP contribution >= 0.6 is 12.6 Å². The molecular formula is C34H37FeN4O4S2+. The third-order valence-electron chi connectivity index (χ3n) is 9.52. The van der Waals surface area contributed by atoms with Crippen LogP contribution in [0.1, 0.15) is 95.0 Å². The fourth-order valence-corrected chi connectivity index (χ4v) is 8.75. The van der Waals surface area contributed by atoms with E-state index in [1.54, 1.807) is 0 Å². The molecule has 11 heteroatoms. The zero-order chi connectivity index (χ0) is 31.7. The third kappa shape index (κ3) is 5.77. The molecule has 2 N–H and O–H groups in total. The number of aliphatic carboxylic acids is 2. The first kappa shape index (κ1) is 33.4. The molecule has 1 spiro atoms. The molecule has 0 aromatic carbocycles. The second-order valence-electron chi connectivity index (χ2n) is 12.2. The molecule has 0 saturated carbocycles. The summed E-state index contributed by atoms with van der Waals surface area (Å²) >= 11 is 6.17. The van der Waals surface area contributed by atoms with E-state index in [4.69, 9.17) is 32.9 Å². The van der Waals surface area contributed by atoms with Crippen LogP contribution in [-0.2, 0) is 51.3 Å². The number of hydrogen-bond acceptors (Lipinski definition) is 3. The van der Waals surface area contributed by atoms with Gasteiger partial charge in [0.05, 0.1) is 0 Å². The molecule has 236 valence electrons. The fourth-order valence-electron chi connectivity index (χ4n) is 6.90. The summed E-state index contributed by atoms with van der Waals surface area (Å²) in [6.45, 7) is 12.6. The van der Waals surface area contributed by atoms with Crippen molar-refractivity contribution in [3.63, 3.8) is 0 Å². The minimum Gasteiger partial charge on any atom is -0.660 e. The third-order valence-corrected chi connectivity index (χ3v) is 11.7. The van der Waals surface area contributed by atoms with E-state index in [9.17, 15) is 19.8 Å². The van der Waals surface area contributed by atoms with Crippen LogP contribution in [0.15, 0.2) is 11.4 Å². The van der Waals surface area contributed by atoms with E-state index in [-0.39, 0.29) is 45.8 Å². The fraction of sp³-hybridized carbons (Fsp3) is 0.412. The Bertz CT molecular complexity index is 1900. The molecule has 45 heavy (non-hydrogen) atoms. The van der Waals surface area contributed by atoms with Gasteiger partial charge < -0.3 is 30.5 Å². The van der Waals surface area contributed by atoms with Gasteiger partial charge in [0.2, 0.25) is 0 Å². The molecule has 3 aromatic rings. The number of thiol groups is 2. The van der Waals surface area contributed by atoms with Gasteiger partial charge in [0, 0.05) is 24.0 Å². The van der Waals surface area contributed by atoms with Crippen molar-refractivity contribution in [2.75, 3.05) is 0 Å². The number of aromatic nitrogens is 3. The zero-order valence-electron chi connectivity index (χ0n) is 26.1. The van der Waals surface area contributed by atoms with Crippen LogP contribution in [0.5, 0.6) is 0 Å². The number of carboxylic acids is 2. The van der Waals surface area contributed by atoms with E-state index < -0.39 is 11.9 Å². The summed E-state index contributed by atoms with van der Waals surface area (Å²) in [5.74, 6) is -1.58. The van der Waals surface area contributed by atoms with Crippen LogP contribution in [0.4, 0.5) is 0 Å². The Hall–Kier alpha value is -2.98. The van der Waals surface area contributed by atoms with Gasteiger partial charge in [-0.15, -0.1) is 33.5 Å². The number of hydrogen-bond donors (Lipinski definition) is 3. The van der Waals surface area contributed by atoms with E-state index in [2.05, 4.69) is 32.9 Å². The Morgan fingerprint density at radius 2 is 1.42 bits per heavy atom. The van der Waals surface area contributed by atoms with Gasteiger partial charge in [0.25, 0.3) is 0 Å². The van der Waals surface area contributed by atoms with E-state index in [0.29, 0.717) is 29.1 Å². The number of nitrogens with zero attached hydrogens (tertiary/aromatic N) is 4. The minimum atomic E-state index is -0.883. The summed E-state index contributed by atoms with van der Waals surface area (Å²) in [4.78, 5) is 38.3. The minimum absolute atomic E-state index is 0. The van der Waals surface area contributed by atoms with Crippen LogP contribution in [-0.4, -0.2) is 32.1 Å². The first-order valence-corrected chi connectivity index (χ1v) is 16.5. The summed E-state index contributed by atoms with van der Waals surface area (Å²) in [6.07, 6.45) is 8.65. The maximum Gasteiger partial charge on any atom is 4.00 e. The maximum absolute atomic E-state index is 11.6. The molecule has 0 radical (unpaired) electrons. The Morgan fingerprint density at radius 1 is 0.844 bits per heavy atom. The van der Waals surface area contributed by atoms with Crippen LogP contribution in [0.25, 0.3) is 29.6 Å². The molecule has 3 aliphatic heterocycles. The van der Waals surface area contributed by atoms with Crippen LogP contribution in [0, 0.1) is 26.7 Å². The molecule has 6 heterocycles. The standard InChI is InChI=1S/C34H36N4O4S2.Fe/c1-15-21(7-9-31(39)40)27-13-28-22(8-10-32(41)42)16(2)24(36-28)12-29-33(19(5)43)17(3)25(37-29)14-30-34(20(6)44-34)18(4)26(38-30)11-23(15)35-27;/h11-14,18-20,43H,7-10H2,1-6H3,(H,39,40)(H,41,42);/q-4;+4/p+1/b24-12-,26-11-,28-13-,30-14-;/t18?,19-,20-,34+;/m0./s1. The smallest absolute Gasteiger partial charge is 0.660 e. The van der Waals surface area contributed by atoms with Crippen molar-refractivity contribution >= 4 is 60.6 Å². The topological polar surface area (TPSA) is 131 Å². The first-order chi connectivity index (χ1) is 20.8. The number of allylic oxidation sites excluding steroid dienone is 1. The predicted octanol–water partition coefficient (Wildman–Crippen LogP) is 3.84. The first-order valence-electron chi connectivity index (χ1n) is 15.0. The van der Waals surface area contributed by atoms with Crippen molar-refractivity contribution in [1.29, 1.82) is 0 Å². The molecule has 3 aliphatic rings. The Kier molecular flexibility index (Phi) is 9.14. The largest absolute Gasteiger partial charge is 4.00 e. The zero-order valence-corrected chi connectivity index (χ0v) is 29.0. The molecule has 2 fully saturated rings. The number of fused-ring (bicyclic) bond motifs is 9. The average molecular weight is 686 g/mol. The van der Waals surface area contributed by atoms with Crippen LogP contribution in [0.2, 0.25) is 0 Å². The predicted molar refractivity (Wildman–Crippen MR) is 179 cm³/mol. The van der Waals surface area contributed by atoms with Crippen LogP contribution < -0.4 is 25.7 Å². The van der Waals surface area contributed by atoms with Gasteiger partial charge >= 0.3 is 29.0 Å². The molecule has 4 atom stereocenters. The van der Waals surface area contributed by atoms with Crippen molar-refractivity contribution in [2.45, 2.75) is 82.5 Å². The van der Waals surface area contributed by atoms with Gasteiger partial charge in [-0.2, -0.15) is 18.3 Å². The number of rotatable bonds is 7. The van der Waals surface area contributed by atoms with Gasteiger partial charge in [0.15, 0.2) is 10.00 Å². The van der Waals surface area contributed by atoms with E-state index in [1.807, 2.05) is 32.9 Å². The van der Waals surface area contributed by atoms with Crippen molar-refractivity contribution in [2.24, 2.45) is 5.92 Å². The molecule has 1 unspecified atom stereocenters. The van der Waals surface area contributed by atoms with Gasteiger partial charge in [0.1, 0.15) is 0 Å². The van der Waals surface area contributed by atoms with Gasteiger partial charge in [-0.3, -0.25) is 9.59 Å². The summed E-state index contributed by atoms with van der Waals surface area (Å²) in [7, 11) is 0. The van der Waals surface area contributed by atoms with Crippen molar-refractivity contribution in [3.8, 4) is 0 Å². The number of carboxylic acid groups (broad SMARTS) is 2. The summed E-state index contributed by atoms with van der Waals surface area (Å²) < 4.78 is -0.0687. The summed E-state index contributed by atoms with van der Waals surface area (Å²) in [5, 5.41) is 26.0. The van der Waals surface area contributed by atoms with Crippen LogP contribution in [0.3, 0.4) is 0 Å². The van der Waals surface area contributed by atoms with E-state index >= 15 is 0 Å². The molecule has 8 nitrogen and oxygen atoms in total. The van der Waals surface area contributed by atoms with E-state index in [1.165, 1.54) is 11.8 Å². The van der Waals surface area contributed by atoms with Gasteiger partial charge in [-0.25, -0.2) is 0 Å². The molecule has 2 saturated heterocycles. The Labute approximate surface area is 283 Å². The Balaban J connectivity index is 0.00000400. The second kappa shape index (κ2) is 12.3. The Morgan fingerprint density at radius 3 is 2.02 bits per heavy atom. The molecule has 8 bridgehead atoms. The van der Waals surface area contributed by atoms with Gasteiger partial charge in [-0.05, 0) is 64.8 Å². The van der Waals surface area contributed by atoms with Crippen molar-refractivity contribution in [1.82, 2.24) is 15.0 Å². The average Bonchev–Trinajstić information content (AvgIpc) is 3.08. The molecule has 0 amide bonds. The molecule has 6 rings (SSSR count). The summed E-state index contributed by atoms with van der Waals surface area (Å²) in [6, 6.07) is 0. The monoisotopic (exact) mass is 685 g/mol. The normalized spacial score (nSPS) is 25.8. The van der Waals surface area contributed by atoms with E-state index in [0.717, 1.165) is 67.2 Å². The van der Waals surface area contributed by atoms with Crippen molar-refractivity contribution < 1.29 is 36.9 Å². The SMILES string of the molecule is Cc1c2[n-]c(c1CCC(=O)O)/C=c1\[n-]/c(c(C)c1CCC(=O)O)=C\c1[n-]c(c(C)c1[C@H](C)S)/C=C1\[N-]/C(=C\2)C(C)[C@]12[SH+][C@H]2C.[Fe+4]. The maximum atomic E-state index is 11.6. The molecule has 3 aromatic heterocycles. The second-order valence-corrected chi connectivity index (χ2v) is 14.8. The molecule has 0 aliphatic carbocycles. The number of carbonyl (C=O) groups is 2. The van der Waals surface area contributed by atoms with Gasteiger partial charge in [-0.1, -0.05) is 64.7 Å². The van der Waals surface area contributed by atoms with Crippen molar-refractivity contribution in [3.05, 3.63) is 83.6 Å². The summed E-state index contributed by atoms with van der Waals surface area (Å²) in [5.41, 5.74) is 10.7.